The molecule has 2 bridgehead atoms. The molecule has 0 heterocycles. The van der Waals surface area contributed by atoms with Gasteiger partial charge in [0.05, 0.1) is 0 Å². The van der Waals surface area contributed by atoms with Crippen molar-refractivity contribution in [2.24, 2.45) is 28.1 Å². The molecular formula is C15H22O2. The van der Waals surface area contributed by atoms with Crippen LogP contribution in [0.1, 0.15) is 53.4 Å². The van der Waals surface area contributed by atoms with E-state index in [0.29, 0.717) is 36.2 Å². The SMILES string of the molecule is C[C@@H]1[C@H]2C(C)(C)CC(=O)[C@]23CCC(=O)[C@@]1(C)C3. The summed E-state index contributed by atoms with van der Waals surface area (Å²) in [7, 11) is 0. The summed E-state index contributed by atoms with van der Waals surface area (Å²) in [5.41, 5.74) is -0.291. The first-order valence-corrected chi connectivity index (χ1v) is 6.81. The highest BCUT2D eigenvalue weighted by Crippen LogP contribution is 2.71. The van der Waals surface area contributed by atoms with Crippen LogP contribution in [0.15, 0.2) is 0 Å². The molecule has 1 spiro atoms. The number of hydrogen-bond acceptors (Lipinski definition) is 2. The zero-order valence-corrected chi connectivity index (χ0v) is 11.3. The van der Waals surface area contributed by atoms with Gasteiger partial charge in [-0.25, -0.2) is 0 Å². The monoisotopic (exact) mass is 234 g/mol. The molecule has 2 heteroatoms. The van der Waals surface area contributed by atoms with E-state index in [0.717, 1.165) is 12.8 Å². The van der Waals surface area contributed by atoms with Crippen molar-refractivity contribution in [3.05, 3.63) is 0 Å². The van der Waals surface area contributed by atoms with Gasteiger partial charge in [0.2, 0.25) is 0 Å². The molecule has 3 aliphatic rings. The second kappa shape index (κ2) is 2.84. The summed E-state index contributed by atoms with van der Waals surface area (Å²) < 4.78 is 0. The van der Waals surface area contributed by atoms with Gasteiger partial charge in [0.1, 0.15) is 11.6 Å². The lowest BCUT2D eigenvalue weighted by Crippen LogP contribution is -2.38. The minimum absolute atomic E-state index is 0.0822. The predicted octanol–water partition coefficient (Wildman–Crippen LogP) is 3.00. The smallest absolute Gasteiger partial charge is 0.139 e. The first kappa shape index (κ1) is 11.4. The van der Waals surface area contributed by atoms with E-state index in [-0.39, 0.29) is 16.2 Å². The Hall–Kier alpha value is -0.660. The van der Waals surface area contributed by atoms with Crippen LogP contribution in [0.5, 0.6) is 0 Å². The zero-order chi connectivity index (χ0) is 12.6. The molecule has 0 unspecified atom stereocenters. The molecule has 3 aliphatic carbocycles. The van der Waals surface area contributed by atoms with Crippen molar-refractivity contribution in [3.8, 4) is 0 Å². The van der Waals surface area contributed by atoms with E-state index in [1.807, 2.05) is 0 Å². The van der Waals surface area contributed by atoms with Crippen molar-refractivity contribution in [1.82, 2.24) is 0 Å². The van der Waals surface area contributed by atoms with Crippen molar-refractivity contribution >= 4 is 11.6 Å². The van der Waals surface area contributed by atoms with Gasteiger partial charge >= 0.3 is 0 Å². The molecule has 2 nitrogen and oxygen atoms in total. The fourth-order valence-corrected chi connectivity index (χ4v) is 5.53. The first-order valence-electron chi connectivity index (χ1n) is 6.81. The summed E-state index contributed by atoms with van der Waals surface area (Å²) >= 11 is 0. The Balaban J connectivity index is 2.17. The van der Waals surface area contributed by atoms with Crippen LogP contribution in [0.4, 0.5) is 0 Å². The molecular weight excluding hydrogens is 212 g/mol. The highest BCUT2D eigenvalue weighted by atomic mass is 16.1. The summed E-state index contributed by atoms with van der Waals surface area (Å²) in [4.78, 5) is 24.7. The maximum Gasteiger partial charge on any atom is 0.139 e. The van der Waals surface area contributed by atoms with Gasteiger partial charge in [0.15, 0.2) is 0 Å². The third-order valence-corrected chi connectivity index (χ3v) is 6.23. The fourth-order valence-electron chi connectivity index (χ4n) is 5.53. The molecule has 94 valence electrons. The average molecular weight is 234 g/mol. The van der Waals surface area contributed by atoms with Crippen LogP contribution in [0.2, 0.25) is 0 Å². The zero-order valence-electron chi connectivity index (χ0n) is 11.3. The van der Waals surface area contributed by atoms with Crippen LogP contribution >= 0.6 is 0 Å². The molecule has 0 saturated heterocycles. The molecule has 3 rings (SSSR count). The molecule has 4 atom stereocenters. The maximum absolute atomic E-state index is 12.5. The van der Waals surface area contributed by atoms with E-state index in [2.05, 4.69) is 27.7 Å². The Kier molecular flexibility index (Phi) is 1.91. The molecule has 0 amide bonds. The van der Waals surface area contributed by atoms with Crippen LogP contribution in [0.25, 0.3) is 0 Å². The van der Waals surface area contributed by atoms with Gasteiger partial charge in [-0.1, -0.05) is 27.7 Å². The summed E-state index contributed by atoms with van der Waals surface area (Å²) in [5.74, 6) is 1.61. The van der Waals surface area contributed by atoms with E-state index in [4.69, 9.17) is 0 Å². The topological polar surface area (TPSA) is 34.1 Å². The number of rotatable bonds is 0. The van der Waals surface area contributed by atoms with Crippen molar-refractivity contribution < 1.29 is 9.59 Å². The van der Waals surface area contributed by atoms with Gasteiger partial charge in [0.25, 0.3) is 0 Å². The lowest BCUT2D eigenvalue weighted by molar-refractivity contribution is -0.136. The number of hydrogen-bond donors (Lipinski definition) is 0. The normalized spacial score (nSPS) is 51.8. The number of Topliss-reactive ketones (excluding diaryl/α,β-unsaturated/α-hetero) is 2. The molecule has 3 fully saturated rings. The molecule has 0 aromatic rings. The lowest BCUT2D eigenvalue weighted by Gasteiger charge is -2.35. The first-order chi connectivity index (χ1) is 7.74. The molecule has 0 N–H and O–H groups in total. The van der Waals surface area contributed by atoms with Crippen molar-refractivity contribution in [2.75, 3.05) is 0 Å². The quantitative estimate of drug-likeness (QED) is 0.645. The second-order valence-electron chi connectivity index (χ2n) is 7.53. The molecule has 0 aromatic heterocycles. The third kappa shape index (κ3) is 1.08. The van der Waals surface area contributed by atoms with Crippen molar-refractivity contribution in [1.29, 1.82) is 0 Å². The average Bonchev–Trinajstić information content (AvgIpc) is 2.52. The summed E-state index contributed by atoms with van der Waals surface area (Å²) in [5, 5.41) is 0. The number of ketones is 2. The lowest BCUT2D eigenvalue weighted by atomic mass is 9.66. The van der Waals surface area contributed by atoms with Crippen molar-refractivity contribution in [3.63, 3.8) is 0 Å². The molecule has 0 radical (unpaired) electrons. The standard InChI is InChI=1S/C15H22O2/c1-9-12-13(2,3)7-11(17)15(12)6-5-10(16)14(9,4)8-15/h9,12H,5-8H2,1-4H3/t9-,12+,14+,15-/m1/s1. The van der Waals surface area contributed by atoms with E-state index >= 15 is 0 Å². The highest BCUT2D eigenvalue weighted by molar-refractivity contribution is 5.95. The van der Waals surface area contributed by atoms with Crippen LogP contribution in [0, 0.1) is 28.1 Å². The van der Waals surface area contributed by atoms with Gasteiger partial charge < -0.3 is 0 Å². The Morgan fingerprint density at radius 2 is 1.76 bits per heavy atom. The van der Waals surface area contributed by atoms with Crippen LogP contribution in [0.3, 0.4) is 0 Å². The summed E-state index contributed by atoms with van der Waals surface area (Å²) in [6.45, 7) is 8.74. The Morgan fingerprint density at radius 3 is 2.41 bits per heavy atom. The predicted molar refractivity (Wildman–Crippen MR) is 65.5 cm³/mol. The number of fused-ring (bicyclic) bond motifs is 1. The van der Waals surface area contributed by atoms with Gasteiger partial charge in [-0.2, -0.15) is 0 Å². The van der Waals surface area contributed by atoms with Crippen LogP contribution in [-0.4, -0.2) is 11.6 Å². The second-order valence-corrected chi connectivity index (χ2v) is 7.53. The number of carbonyl (C=O) groups is 2. The summed E-state index contributed by atoms with van der Waals surface area (Å²) in [6.07, 6.45) is 2.98. The minimum atomic E-state index is -0.226. The maximum atomic E-state index is 12.5. The molecule has 3 saturated carbocycles. The Labute approximate surface area is 103 Å². The summed E-state index contributed by atoms with van der Waals surface area (Å²) in [6, 6.07) is 0. The minimum Gasteiger partial charge on any atom is -0.299 e. The van der Waals surface area contributed by atoms with Gasteiger partial charge in [-0.05, 0) is 30.1 Å². The molecule has 0 aromatic carbocycles. The van der Waals surface area contributed by atoms with Crippen LogP contribution in [-0.2, 0) is 9.59 Å². The van der Waals surface area contributed by atoms with E-state index < -0.39 is 0 Å². The Bertz CT molecular complexity index is 423. The molecule has 0 aliphatic heterocycles. The Morgan fingerprint density at radius 1 is 1.12 bits per heavy atom. The van der Waals surface area contributed by atoms with E-state index in [1.165, 1.54) is 0 Å². The van der Waals surface area contributed by atoms with Gasteiger partial charge in [0, 0.05) is 23.7 Å². The van der Waals surface area contributed by atoms with E-state index in [9.17, 15) is 9.59 Å². The number of carbonyl (C=O) groups excluding carboxylic acids is 2. The van der Waals surface area contributed by atoms with Gasteiger partial charge in [-0.3, -0.25) is 9.59 Å². The van der Waals surface area contributed by atoms with Gasteiger partial charge in [-0.15, -0.1) is 0 Å². The van der Waals surface area contributed by atoms with Crippen LogP contribution < -0.4 is 0 Å². The fraction of sp³-hybridized carbons (Fsp3) is 0.867. The molecule has 17 heavy (non-hydrogen) atoms. The van der Waals surface area contributed by atoms with E-state index in [1.54, 1.807) is 0 Å². The third-order valence-electron chi connectivity index (χ3n) is 6.23. The highest BCUT2D eigenvalue weighted by Gasteiger charge is 2.71. The largest absolute Gasteiger partial charge is 0.299 e. The van der Waals surface area contributed by atoms with Crippen molar-refractivity contribution in [2.45, 2.75) is 53.4 Å².